The van der Waals surface area contributed by atoms with Crippen molar-refractivity contribution in [2.75, 3.05) is 20.3 Å². The van der Waals surface area contributed by atoms with Gasteiger partial charge in [0.05, 0.1) is 24.7 Å². The first-order valence-electron chi connectivity index (χ1n) is 8.11. The van der Waals surface area contributed by atoms with Crippen LogP contribution >= 0.6 is 11.8 Å². The zero-order valence-electron chi connectivity index (χ0n) is 15.1. The number of ether oxygens (including phenoxy) is 3. The quantitative estimate of drug-likeness (QED) is 0.532. The Kier molecular flexibility index (Phi) is 6.68. The Balaban J connectivity index is 2.20. The molecule has 1 aromatic rings. The van der Waals surface area contributed by atoms with Gasteiger partial charge in [0.15, 0.2) is 11.5 Å². The van der Waals surface area contributed by atoms with Crippen LogP contribution in [0.5, 0.6) is 11.5 Å². The van der Waals surface area contributed by atoms with Crippen LogP contribution in [0.1, 0.15) is 26.3 Å². The first-order chi connectivity index (χ1) is 12.3. The summed E-state index contributed by atoms with van der Waals surface area (Å²) in [6.45, 7) is 5.28. The third kappa shape index (κ3) is 4.78. The molecule has 0 spiro atoms. The van der Waals surface area contributed by atoms with Gasteiger partial charge < -0.3 is 14.2 Å². The minimum Gasteiger partial charge on any atom is -0.493 e. The topological polar surface area (TPSA) is 82.1 Å². The molecule has 0 radical (unpaired) electrons. The Labute approximate surface area is 156 Å². The third-order valence-corrected chi connectivity index (χ3v) is 4.22. The predicted octanol–water partition coefficient (Wildman–Crippen LogP) is 3.08. The van der Waals surface area contributed by atoms with E-state index in [1.165, 1.54) is 7.11 Å². The molecule has 0 unspecified atom stereocenters. The molecule has 1 fully saturated rings. The fourth-order valence-electron chi connectivity index (χ4n) is 2.25. The second-order valence-corrected chi connectivity index (χ2v) is 6.64. The molecule has 1 aromatic carbocycles. The monoisotopic (exact) mass is 379 g/mol. The lowest BCUT2D eigenvalue weighted by Crippen LogP contribution is -2.34. The van der Waals surface area contributed by atoms with Crippen molar-refractivity contribution >= 4 is 35.0 Å². The van der Waals surface area contributed by atoms with Gasteiger partial charge in [-0.05, 0) is 56.3 Å². The standard InChI is InChI=1S/C18H21NO6S/c1-5-24-16(20)10-19-17(21)15(26-18(19)22)9-12-6-7-13(25-11(2)3)14(8-12)23-4/h6-9,11H,5,10H2,1-4H3/b15-9+. The lowest BCUT2D eigenvalue weighted by Gasteiger charge is -2.14. The Morgan fingerprint density at radius 3 is 2.62 bits per heavy atom. The van der Waals surface area contributed by atoms with Crippen molar-refractivity contribution in [1.29, 1.82) is 0 Å². The van der Waals surface area contributed by atoms with Gasteiger partial charge in [-0.1, -0.05) is 6.07 Å². The maximum absolute atomic E-state index is 12.4. The number of benzene rings is 1. The number of methoxy groups -OCH3 is 1. The van der Waals surface area contributed by atoms with Crippen molar-refractivity contribution in [3.63, 3.8) is 0 Å². The summed E-state index contributed by atoms with van der Waals surface area (Å²) in [4.78, 5) is 37.0. The molecular formula is C18H21NO6S. The average Bonchev–Trinajstić information content (AvgIpc) is 2.83. The zero-order chi connectivity index (χ0) is 19.3. The summed E-state index contributed by atoms with van der Waals surface area (Å²) < 4.78 is 15.8. The van der Waals surface area contributed by atoms with E-state index in [1.807, 2.05) is 13.8 Å². The minimum atomic E-state index is -0.618. The summed E-state index contributed by atoms with van der Waals surface area (Å²) in [5.74, 6) is -0.0179. The van der Waals surface area contributed by atoms with Gasteiger partial charge in [-0.2, -0.15) is 0 Å². The molecule has 1 aliphatic rings. The van der Waals surface area contributed by atoms with Gasteiger partial charge in [0.1, 0.15) is 6.54 Å². The van der Waals surface area contributed by atoms with Crippen LogP contribution in [0.25, 0.3) is 6.08 Å². The number of carbonyl (C=O) groups excluding carboxylic acids is 3. The second kappa shape index (κ2) is 8.75. The highest BCUT2D eigenvalue weighted by atomic mass is 32.2. The lowest BCUT2D eigenvalue weighted by molar-refractivity contribution is -0.145. The molecule has 0 bridgehead atoms. The number of amides is 2. The Morgan fingerprint density at radius 2 is 2.00 bits per heavy atom. The molecule has 26 heavy (non-hydrogen) atoms. The third-order valence-electron chi connectivity index (χ3n) is 3.31. The molecular weight excluding hydrogens is 358 g/mol. The van der Waals surface area contributed by atoms with Crippen molar-refractivity contribution in [3.05, 3.63) is 28.7 Å². The van der Waals surface area contributed by atoms with E-state index in [2.05, 4.69) is 0 Å². The van der Waals surface area contributed by atoms with Crippen molar-refractivity contribution in [2.24, 2.45) is 0 Å². The van der Waals surface area contributed by atoms with Crippen molar-refractivity contribution < 1.29 is 28.6 Å². The molecule has 0 atom stereocenters. The summed E-state index contributed by atoms with van der Waals surface area (Å²) in [5, 5.41) is -0.499. The maximum atomic E-state index is 12.4. The number of imide groups is 1. The smallest absolute Gasteiger partial charge is 0.326 e. The molecule has 8 heteroatoms. The van der Waals surface area contributed by atoms with Crippen LogP contribution < -0.4 is 9.47 Å². The summed E-state index contributed by atoms with van der Waals surface area (Å²) in [5.41, 5.74) is 0.680. The fraction of sp³-hybridized carbons (Fsp3) is 0.389. The van der Waals surface area contributed by atoms with E-state index in [-0.39, 0.29) is 24.2 Å². The molecule has 2 rings (SSSR count). The molecule has 0 N–H and O–H groups in total. The number of nitrogens with zero attached hydrogens (tertiary/aromatic N) is 1. The number of hydrogen-bond acceptors (Lipinski definition) is 7. The van der Waals surface area contributed by atoms with Gasteiger partial charge in [0.2, 0.25) is 0 Å². The van der Waals surface area contributed by atoms with Crippen LogP contribution in [0.15, 0.2) is 23.1 Å². The van der Waals surface area contributed by atoms with E-state index in [4.69, 9.17) is 14.2 Å². The highest BCUT2D eigenvalue weighted by Crippen LogP contribution is 2.34. The number of rotatable bonds is 7. The number of carbonyl (C=O) groups is 3. The van der Waals surface area contributed by atoms with Crippen LogP contribution in [0.3, 0.4) is 0 Å². The van der Waals surface area contributed by atoms with E-state index >= 15 is 0 Å². The van der Waals surface area contributed by atoms with E-state index in [0.717, 1.165) is 16.7 Å². The van der Waals surface area contributed by atoms with E-state index < -0.39 is 17.1 Å². The van der Waals surface area contributed by atoms with Crippen LogP contribution in [0.2, 0.25) is 0 Å². The molecule has 0 saturated carbocycles. The highest BCUT2D eigenvalue weighted by Gasteiger charge is 2.36. The molecule has 1 aliphatic heterocycles. The van der Waals surface area contributed by atoms with Crippen LogP contribution in [-0.2, 0) is 14.3 Å². The van der Waals surface area contributed by atoms with Crippen LogP contribution in [0, 0.1) is 0 Å². The number of hydrogen-bond donors (Lipinski definition) is 0. The lowest BCUT2D eigenvalue weighted by atomic mass is 10.2. The summed E-state index contributed by atoms with van der Waals surface area (Å²) in [6, 6.07) is 5.23. The normalized spacial score (nSPS) is 15.7. The molecule has 7 nitrogen and oxygen atoms in total. The van der Waals surface area contributed by atoms with Crippen LogP contribution in [-0.4, -0.2) is 48.4 Å². The summed E-state index contributed by atoms with van der Waals surface area (Å²) >= 11 is 0.784. The van der Waals surface area contributed by atoms with E-state index in [0.29, 0.717) is 17.1 Å². The van der Waals surface area contributed by atoms with Gasteiger partial charge in [0.25, 0.3) is 11.1 Å². The van der Waals surface area contributed by atoms with E-state index in [1.54, 1.807) is 31.2 Å². The number of esters is 1. The van der Waals surface area contributed by atoms with Gasteiger partial charge >= 0.3 is 5.97 Å². The van der Waals surface area contributed by atoms with Crippen LogP contribution in [0.4, 0.5) is 4.79 Å². The van der Waals surface area contributed by atoms with Gasteiger partial charge in [-0.3, -0.25) is 19.3 Å². The Morgan fingerprint density at radius 1 is 1.27 bits per heavy atom. The average molecular weight is 379 g/mol. The first kappa shape index (κ1) is 19.8. The SMILES string of the molecule is CCOC(=O)CN1C(=O)S/C(=C/c2ccc(OC(C)C)c(OC)c2)C1=O. The predicted molar refractivity (Wildman–Crippen MR) is 98.1 cm³/mol. The van der Waals surface area contributed by atoms with Crippen molar-refractivity contribution in [2.45, 2.75) is 26.9 Å². The molecule has 1 saturated heterocycles. The maximum Gasteiger partial charge on any atom is 0.326 e. The van der Waals surface area contributed by atoms with Crippen molar-refractivity contribution in [1.82, 2.24) is 4.90 Å². The number of thioether (sulfide) groups is 1. The van der Waals surface area contributed by atoms with E-state index in [9.17, 15) is 14.4 Å². The zero-order valence-corrected chi connectivity index (χ0v) is 15.9. The summed E-state index contributed by atoms with van der Waals surface area (Å²) in [7, 11) is 1.53. The van der Waals surface area contributed by atoms with Crippen molar-refractivity contribution in [3.8, 4) is 11.5 Å². The Bertz CT molecular complexity index is 743. The molecule has 0 aromatic heterocycles. The second-order valence-electron chi connectivity index (χ2n) is 5.65. The fourth-order valence-corrected chi connectivity index (χ4v) is 3.09. The molecule has 1 heterocycles. The molecule has 2 amide bonds. The minimum absolute atomic E-state index is 0.00544. The van der Waals surface area contributed by atoms with Gasteiger partial charge in [-0.25, -0.2) is 0 Å². The highest BCUT2D eigenvalue weighted by molar-refractivity contribution is 8.18. The molecule has 140 valence electrons. The summed E-state index contributed by atoms with van der Waals surface area (Å²) in [6.07, 6.45) is 1.58. The molecule has 0 aliphatic carbocycles. The van der Waals surface area contributed by atoms with Gasteiger partial charge in [-0.15, -0.1) is 0 Å². The first-order valence-corrected chi connectivity index (χ1v) is 8.93. The largest absolute Gasteiger partial charge is 0.493 e. The Hall–Kier alpha value is -2.48. The van der Waals surface area contributed by atoms with Gasteiger partial charge in [0, 0.05) is 0 Å².